The highest BCUT2D eigenvalue weighted by molar-refractivity contribution is 5.79. The number of amides is 1. The van der Waals surface area contributed by atoms with Crippen LogP contribution in [0.15, 0.2) is 140 Å². The molecule has 0 saturated carbocycles. The SMILES string of the molecule is O=C(NCCOCCOCCNC(c1ccccc1)(c1ccccc1)c1ccccc1)OCC1c2ccccc2-c2ccccc21. The average molecular weight is 613 g/mol. The van der Waals surface area contributed by atoms with Crippen molar-refractivity contribution in [3.63, 3.8) is 0 Å². The molecule has 2 N–H and O–H groups in total. The van der Waals surface area contributed by atoms with Crippen molar-refractivity contribution in [3.8, 4) is 11.1 Å². The number of fused-ring (bicyclic) bond motifs is 3. The molecular formula is C40H40N2O4. The molecule has 0 aliphatic heterocycles. The van der Waals surface area contributed by atoms with Gasteiger partial charge < -0.3 is 19.5 Å². The van der Waals surface area contributed by atoms with Gasteiger partial charge in [0.25, 0.3) is 0 Å². The maximum atomic E-state index is 12.4. The lowest BCUT2D eigenvalue weighted by Gasteiger charge is -2.37. The molecule has 234 valence electrons. The fraction of sp³-hybridized carbons (Fsp3) is 0.225. The minimum absolute atomic E-state index is 0.0410. The summed E-state index contributed by atoms with van der Waals surface area (Å²) in [5, 5.41) is 6.61. The second kappa shape index (κ2) is 15.5. The third-order valence-corrected chi connectivity index (χ3v) is 8.49. The predicted octanol–water partition coefficient (Wildman–Crippen LogP) is 7.14. The van der Waals surface area contributed by atoms with E-state index in [9.17, 15) is 4.79 Å². The Kier molecular flexibility index (Phi) is 10.5. The fourth-order valence-electron chi connectivity index (χ4n) is 6.38. The van der Waals surface area contributed by atoms with Crippen LogP contribution in [0.1, 0.15) is 33.7 Å². The molecule has 0 unspecified atom stereocenters. The Labute approximate surface area is 271 Å². The molecule has 6 rings (SSSR count). The van der Waals surface area contributed by atoms with E-state index in [1.54, 1.807) is 0 Å². The minimum Gasteiger partial charge on any atom is -0.449 e. The summed E-state index contributed by atoms with van der Waals surface area (Å²) in [5.41, 5.74) is 7.79. The first-order valence-corrected chi connectivity index (χ1v) is 15.9. The molecule has 0 fully saturated rings. The van der Waals surface area contributed by atoms with Crippen LogP contribution in [0.25, 0.3) is 11.1 Å². The average Bonchev–Trinajstić information content (AvgIpc) is 3.44. The van der Waals surface area contributed by atoms with Crippen LogP contribution in [0.5, 0.6) is 0 Å². The van der Waals surface area contributed by atoms with Gasteiger partial charge in [0, 0.05) is 19.0 Å². The van der Waals surface area contributed by atoms with Crippen LogP contribution in [0.4, 0.5) is 4.79 Å². The molecule has 0 saturated heterocycles. The van der Waals surface area contributed by atoms with Crippen molar-refractivity contribution in [1.29, 1.82) is 0 Å². The zero-order valence-electron chi connectivity index (χ0n) is 25.9. The first kappa shape index (κ1) is 31.2. The van der Waals surface area contributed by atoms with Gasteiger partial charge in [0.1, 0.15) is 6.61 Å². The Morgan fingerprint density at radius 3 is 1.48 bits per heavy atom. The minimum atomic E-state index is -0.519. The number of nitrogens with one attached hydrogen (secondary N) is 2. The van der Waals surface area contributed by atoms with E-state index in [0.717, 1.165) is 0 Å². The molecular weight excluding hydrogens is 572 g/mol. The quantitative estimate of drug-likeness (QED) is 0.0972. The van der Waals surface area contributed by atoms with Gasteiger partial charge in [-0.3, -0.25) is 5.32 Å². The highest BCUT2D eigenvalue weighted by Gasteiger charge is 2.35. The lowest BCUT2D eigenvalue weighted by molar-refractivity contribution is 0.0482. The second-order valence-corrected chi connectivity index (χ2v) is 11.3. The van der Waals surface area contributed by atoms with E-state index in [1.807, 2.05) is 42.5 Å². The number of ether oxygens (including phenoxy) is 3. The Morgan fingerprint density at radius 1 is 0.543 bits per heavy atom. The third-order valence-electron chi connectivity index (χ3n) is 8.49. The van der Waals surface area contributed by atoms with Gasteiger partial charge in [-0.25, -0.2) is 4.79 Å². The van der Waals surface area contributed by atoms with E-state index >= 15 is 0 Å². The molecule has 46 heavy (non-hydrogen) atoms. The molecule has 0 aromatic heterocycles. The lowest BCUT2D eigenvalue weighted by atomic mass is 9.77. The summed E-state index contributed by atoms with van der Waals surface area (Å²) in [7, 11) is 0. The van der Waals surface area contributed by atoms with Gasteiger partial charge >= 0.3 is 6.09 Å². The Balaban J connectivity index is 0.918. The van der Waals surface area contributed by atoms with Crippen molar-refractivity contribution in [2.75, 3.05) is 46.1 Å². The van der Waals surface area contributed by atoms with Crippen LogP contribution in [-0.2, 0) is 19.7 Å². The molecule has 6 heteroatoms. The monoisotopic (exact) mass is 612 g/mol. The number of carbonyl (C=O) groups is 1. The van der Waals surface area contributed by atoms with Gasteiger partial charge in [0.15, 0.2) is 0 Å². The van der Waals surface area contributed by atoms with Gasteiger partial charge in [-0.2, -0.15) is 0 Å². The zero-order chi connectivity index (χ0) is 31.4. The Morgan fingerprint density at radius 2 is 0.978 bits per heavy atom. The van der Waals surface area contributed by atoms with Crippen molar-refractivity contribution >= 4 is 6.09 Å². The first-order chi connectivity index (χ1) is 22.8. The summed E-state index contributed by atoms with van der Waals surface area (Å²) in [6.07, 6.45) is -0.438. The molecule has 0 atom stereocenters. The molecule has 1 aliphatic carbocycles. The van der Waals surface area contributed by atoms with E-state index in [0.29, 0.717) is 46.1 Å². The van der Waals surface area contributed by atoms with Gasteiger partial charge in [0.05, 0.1) is 32.0 Å². The van der Waals surface area contributed by atoms with E-state index in [-0.39, 0.29) is 5.92 Å². The van der Waals surface area contributed by atoms with E-state index in [2.05, 4.69) is 108 Å². The van der Waals surface area contributed by atoms with Crippen LogP contribution in [0.3, 0.4) is 0 Å². The van der Waals surface area contributed by atoms with Crippen LogP contribution in [-0.4, -0.2) is 52.2 Å². The number of hydrogen-bond donors (Lipinski definition) is 2. The standard InChI is InChI=1S/C40H40N2O4/c43-39(46-30-38-36-22-12-10-20-34(36)35-21-11-13-23-37(35)38)41-24-26-44-28-29-45-27-25-42-40(31-14-4-1-5-15-31,32-16-6-2-7-17-32)33-18-8-3-9-19-33/h1-23,38,42H,24-30H2,(H,41,43). The molecule has 5 aromatic carbocycles. The van der Waals surface area contributed by atoms with Crippen LogP contribution < -0.4 is 10.6 Å². The fourth-order valence-corrected chi connectivity index (χ4v) is 6.38. The normalized spacial score (nSPS) is 12.3. The molecule has 1 amide bonds. The Hall–Kier alpha value is -4.75. The van der Waals surface area contributed by atoms with Crippen LogP contribution >= 0.6 is 0 Å². The summed E-state index contributed by atoms with van der Waals surface area (Å²) < 4.78 is 17.2. The molecule has 0 heterocycles. The van der Waals surface area contributed by atoms with Crippen molar-refractivity contribution in [2.45, 2.75) is 11.5 Å². The number of hydrogen-bond acceptors (Lipinski definition) is 5. The van der Waals surface area contributed by atoms with E-state index in [1.165, 1.54) is 38.9 Å². The second-order valence-electron chi connectivity index (χ2n) is 11.3. The summed E-state index contributed by atoms with van der Waals surface area (Å²) in [6, 6.07) is 48.2. The first-order valence-electron chi connectivity index (χ1n) is 15.9. The van der Waals surface area contributed by atoms with Crippen molar-refractivity contribution < 1.29 is 19.0 Å². The van der Waals surface area contributed by atoms with Crippen LogP contribution in [0, 0.1) is 0 Å². The van der Waals surface area contributed by atoms with Gasteiger partial charge in [-0.05, 0) is 38.9 Å². The predicted molar refractivity (Wildman–Crippen MR) is 182 cm³/mol. The molecule has 0 bridgehead atoms. The highest BCUT2D eigenvalue weighted by atomic mass is 16.5. The maximum Gasteiger partial charge on any atom is 0.407 e. The van der Waals surface area contributed by atoms with Crippen LogP contribution in [0.2, 0.25) is 0 Å². The van der Waals surface area contributed by atoms with Crippen molar-refractivity contribution in [3.05, 3.63) is 167 Å². The lowest BCUT2D eigenvalue weighted by Crippen LogP contribution is -2.46. The van der Waals surface area contributed by atoms with E-state index < -0.39 is 11.6 Å². The smallest absolute Gasteiger partial charge is 0.407 e. The molecule has 0 radical (unpaired) electrons. The highest BCUT2D eigenvalue weighted by Crippen LogP contribution is 2.44. The van der Waals surface area contributed by atoms with Gasteiger partial charge in [-0.1, -0.05) is 140 Å². The van der Waals surface area contributed by atoms with E-state index in [4.69, 9.17) is 14.2 Å². The number of benzene rings is 5. The topological polar surface area (TPSA) is 68.8 Å². The molecule has 1 aliphatic rings. The third kappa shape index (κ3) is 7.05. The Bertz CT molecular complexity index is 1540. The zero-order valence-corrected chi connectivity index (χ0v) is 25.9. The summed E-state index contributed by atoms with van der Waals surface area (Å²) in [5.74, 6) is 0.0410. The number of rotatable bonds is 15. The number of carbonyl (C=O) groups excluding carboxylic acids is 1. The largest absolute Gasteiger partial charge is 0.449 e. The van der Waals surface area contributed by atoms with Gasteiger partial charge in [0.2, 0.25) is 0 Å². The number of alkyl carbamates (subject to hydrolysis) is 1. The molecule has 5 aromatic rings. The summed E-state index contributed by atoms with van der Waals surface area (Å²) in [6.45, 7) is 3.10. The molecule has 6 nitrogen and oxygen atoms in total. The summed E-state index contributed by atoms with van der Waals surface area (Å²) >= 11 is 0. The van der Waals surface area contributed by atoms with Crippen molar-refractivity contribution in [1.82, 2.24) is 10.6 Å². The maximum absolute atomic E-state index is 12.4. The van der Waals surface area contributed by atoms with Crippen molar-refractivity contribution in [2.24, 2.45) is 0 Å². The molecule has 0 spiro atoms. The van der Waals surface area contributed by atoms with Gasteiger partial charge in [-0.15, -0.1) is 0 Å². The summed E-state index contributed by atoms with van der Waals surface area (Å²) in [4.78, 5) is 12.4.